The van der Waals surface area contributed by atoms with Crippen LogP contribution in [0, 0.1) is 0 Å². The van der Waals surface area contributed by atoms with Crippen LogP contribution in [0.5, 0.6) is 0 Å². The molecule has 0 aliphatic carbocycles. The van der Waals surface area contributed by atoms with Gasteiger partial charge in [-0.1, -0.05) is 24.6 Å². The average molecular weight is 279 g/mol. The van der Waals surface area contributed by atoms with E-state index in [1.54, 1.807) is 11.3 Å². The smallest absolute Gasteiger partial charge is 0.241 e. The van der Waals surface area contributed by atoms with Crippen molar-refractivity contribution in [1.29, 1.82) is 0 Å². The monoisotopic (exact) mass is 279 g/mol. The lowest BCUT2D eigenvalue weighted by molar-refractivity contribution is -0.109. The highest BCUT2D eigenvalue weighted by molar-refractivity contribution is 7.13. The van der Waals surface area contributed by atoms with Crippen molar-refractivity contribution < 1.29 is 9.63 Å². The van der Waals surface area contributed by atoms with Crippen LogP contribution < -0.4 is 0 Å². The van der Waals surface area contributed by atoms with Crippen molar-refractivity contribution in [3.63, 3.8) is 0 Å². The van der Waals surface area contributed by atoms with E-state index in [4.69, 9.17) is 4.52 Å². The largest absolute Gasteiger partial charge is 0.387 e. The second-order valence-electron chi connectivity index (χ2n) is 5.11. The Morgan fingerprint density at radius 3 is 3.05 bits per heavy atom. The van der Waals surface area contributed by atoms with Gasteiger partial charge in [-0.2, -0.15) is 4.98 Å². The van der Waals surface area contributed by atoms with Crippen LogP contribution in [0.4, 0.5) is 0 Å². The zero-order valence-corrected chi connectivity index (χ0v) is 11.7. The summed E-state index contributed by atoms with van der Waals surface area (Å²) in [6, 6.07) is 3.94. The molecule has 1 aliphatic heterocycles. The summed E-state index contributed by atoms with van der Waals surface area (Å²) in [6.07, 6.45) is 1.86. The van der Waals surface area contributed by atoms with Crippen LogP contribution in [0.2, 0.25) is 0 Å². The molecule has 1 fully saturated rings. The van der Waals surface area contributed by atoms with E-state index >= 15 is 0 Å². The zero-order valence-electron chi connectivity index (χ0n) is 10.9. The normalized spacial score (nSPS) is 18.4. The molecule has 2 aromatic rings. The number of β-amino-alcohol motifs (C(OH)–C–C–N with tert-alkyl or cyclic N) is 1. The van der Waals surface area contributed by atoms with Gasteiger partial charge in [-0.05, 0) is 17.9 Å². The maximum atomic E-state index is 10.1. The third kappa shape index (κ3) is 2.70. The first kappa shape index (κ1) is 12.8. The Bertz CT molecular complexity index is 532. The van der Waals surface area contributed by atoms with E-state index in [9.17, 15) is 5.11 Å². The van der Waals surface area contributed by atoms with Crippen molar-refractivity contribution in [1.82, 2.24) is 15.0 Å². The van der Waals surface area contributed by atoms with Crippen LogP contribution in [0.1, 0.15) is 25.7 Å². The van der Waals surface area contributed by atoms with Gasteiger partial charge in [-0.25, -0.2) is 0 Å². The summed E-state index contributed by atoms with van der Waals surface area (Å²) in [6.45, 7) is 4.09. The van der Waals surface area contributed by atoms with E-state index in [2.05, 4.69) is 22.0 Å². The SMILES string of the molecule is CCCC1(O)CN(Cc2nc(-c3cccs3)no2)C1. The molecule has 0 saturated carbocycles. The van der Waals surface area contributed by atoms with Crippen LogP contribution in [-0.4, -0.2) is 38.8 Å². The minimum Gasteiger partial charge on any atom is -0.387 e. The second kappa shape index (κ2) is 5.03. The van der Waals surface area contributed by atoms with E-state index in [-0.39, 0.29) is 0 Å². The first-order valence-corrected chi connectivity index (χ1v) is 7.38. The van der Waals surface area contributed by atoms with Gasteiger partial charge in [-0.15, -0.1) is 11.3 Å². The molecule has 0 unspecified atom stereocenters. The quantitative estimate of drug-likeness (QED) is 0.908. The maximum Gasteiger partial charge on any atom is 0.241 e. The van der Waals surface area contributed by atoms with Crippen LogP contribution in [-0.2, 0) is 6.54 Å². The van der Waals surface area contributed by atoms with Gasteiger partial charge >= 0.3 is 0 Å². The average Bonchev–Trinajstić information content (AvgIpc) is 2.96. The zero-order chi connectivity index (χ0) is 13.3. The van der Waals surface area contributed by atoms with E-state index < -0.39 is 5.60 Å². The van der Waals surface area contributed by atoms with Gasteiger partial charge in [0, 0.05) is 13.1 Å². The first-order valence-electron chi connectivity index (χ1n) is 6.50. The lowest BCUT2D eigenvalue weighted by Crippen LogP contribution is -2.60. The highest BCUT2D eigenvalue weighted by atomic mass is 32.1. The van der Waals surface area contributed by atoms with Crippen molar-refractivity contribution in [3.8, 4) is 10.7 Å². The predicted molar refractivity (Wildman–Crippen MR) is 72.7 cm³/mol. The van der Waals surface area contributed by atoms with Gasteiger partial charge in [0.25, 0.3) is 0 Å². The number of hydrogen-bond acceptors (Lipinski definition) is 6. The fourth-order valence-electron chi connectivity index (χ4n) is 2.54. The molecule has 1 N–H and O–H groups in total. The molecule has 3 heterocycles. The second-order valence-corrected chi connectivity index (χ2v) is 6.06. The third-order valence-corrected chi connectivity index (χ3v) is 4.19. The summed E-state index contributed by atoms with van der Waals surface area (Å²) in [5.74, 6) is 1.26. The Morgan fingerprint density at radius 1 is 1.53 bits per heavy atom. The van der Waals surface area contributed by atoms with Crippen molar-refractivity contribution >= 4 is 11.3 Å². The summed E-state index contributed by atoms with van der Waals surface area (Å²) in [5.41, 5.74) is -0.509. The van der Waals surface area contributed by atoms with Crippen molar-refractivity contribution in [2.24, 2.45) is 0 Å². The van der Waals surface area contributed by atoms with Crippen LogP contribution in [0.3, 0.4) is 0 Å². The fourth-order valence-corrected chi connectivity index (χ4v) is 3.19. The van der Waals surface area contributed by atoms with Gasteiger partial charge in [0.1, 0.15) is 0 Å². The Balaban J connectivity index is 1.58. The van der Waals surface area contributed by atoms with Crippen molar-refractivity contribution in [3.05, 3.63) is 23.4 Å². The molecule has 1 saturated heterocycles. The highest BCUT2D eigenvalue weighted by Crippen LogP contribution is 2.27. The molecule has 6 heteroatoms. The standard InChI is InChI=1S/C13H17N3O2S/c1-2-5-13(17)8-16(9-13)7-11-14-12(15-18-11)10-4-3-6-19-10/h3-4,6,17H,2,5,7-9H2,1H3. The minimum atomic E-state index is -0.509. The van der Waals surface area contributed by atoms with Gasteiger partial charge in [0.2, 0.25) is 11.7 Å². The molecule has 0 aromatic carbocycles. The fraction of sp³-hybridized carbons (Fsp3) is 0.538. The molecule has 0 radical (unpaired) electrons. The van der Waals surface area contributed by atoms with Crippen molar-refractivity contribution in [2.75, 3.05) is 13.1 Å². The molecular formula is C13H17N3O2S. The van der Waals surface area contributed by atoms with Gasteiger partial charge in [0.05, 0.1) is 17.0 Å². The molecule has 2 aromatic heterocycles. The molecular weight excluding hydrogens is 262 g/mol. The number of likely N-dealkylation sites (tertiary alicyclic amines) is 1. The molecule has 3 rings (SSSR count). The Morgan fingerprint density at radius 2 is 2.37 bits per heavy atom. The Hall–Kier alpha value is -1.24. The number of nitrogens with zero attached hydrogens (tertiary/aromatic N) is 3. The molecule has 0 atom stereocenters. The lowest BCUT2D eigenvalue weighted by atomic mass is 9.89. The number of thiophene rings is 1. The van der Waals surface area contributed by atoms with Gasteiger partial charge in [0.15, 0.2) is 0 Å². The van der Waals surface area contributed by atoms with E-state index in [0.29, 0.717) is 31.3 Å². The van der Waals surface area contributed by atoms with E-state index in [0.717, 1.165) is 17.7 Å². The van der Waals surface area contributed by atoms with Crippen molar-refractivity contribution in [2.45, 2.75) is 31.9 Å². The van der Waals surface area contributed by atoms with E-state index in [1.807, 2.05) is 17.5 Å². The Labute approximate surface area is 115 Å². The molecule has 102 valence electrons. The van der Waals surface area contributed by atoms with Gasteiger partial charge in [-0.3, -0.25) is 4.90 Å². The number of rotatable bonds is 5. The summed E-state index contributed by atoms with van der Waals surface area (Å²) in [7, 11) is 0. The molecule has 5 nitrogen and oxygen atoms in total. The number of hydrogen-bond donors (Lipinski definition) is 1. The number of aliphatic hydroxyl groups is 1. The topological polar surface area (TPSA) is 62.4 Å². The molecule has 0 amide bonds. The van der Waals surface area contributed by atoms with Crippen LogP contribution >= 0.6 is 11.3 Å². The molecule has 0 spiro atoms. The molecule has 0 bridgehead atoms. The first-order chi connectivity index (χ1) is 9.18. The summed E-state index contributed by atoms with van der Waals surface area (Å²) < 4.78 is 5.25. The highest BCUT2D eigenvalue weighted by Gasteiger charge is 2.40. The maximum absolute atomic E-state index is 10.1. The third-order valence-electron chi connectivity index (χ3n) is 3.32. The Kier molecular flexibility index (Phi) is 3.38. The molecule has 19 heavy (non-hydrogen) atoms. The summed E-state index contributed by atoms with van der Waals surface area (Å²) in [5, 5.41) is 16.1. The minimum absolute atomic E-state index is 0.509. The summed E-state index contributed by atoms with van der Waals surface area (Å²) in [4.78, 5) is 7.52. The molecule has 1 aliphatic rings. The predicted octanol–water partition coefficient (Wildman–Crippen LogP) is 2.14. The lowest BCUT2D eigenvalue weighted by Gasteiger charge is -2.46. The van der Waals surface area contributed by atoms with Crippen LogP contribution in [0.25, 0.3) is 10.7 Å². The van der Waals surface area contributed by atoms with Gasteiger partial charge < -0.3 is 9.63 Å². The van der Waals surface area contributed by atoms with E-state index in [1.165, 1.54) is 0 Å². The van der Waals surface area contributed by atoms with Crippen LogP contribution in [0.15, 0.2) is 22.0 Å². The number of aromatic nitrogens is 2. The summed E-state index contributed by atoms with van der Waals surface area (Å²) >= 11 is 1.60.